The van der Waals surface area contributed by atoms with Crippen molar-refractivity contribution in [1.29, 1.82) is 0 Å². The standard InChI is InChI=1S/C13H14BrN3O/c1-8(2)10-5-9(14)3-4-11(10)18-13-7-16-6-12(15)17-13/h3-8H,1-2H3,(H2,15,17). The van der Waals surface area contributed by atoms with Crippen molar-refractivity contribution in [2.24, 2.45) is 0 Å². The van der Waals surface area contributed by atoms with E-state index in [1.807, 2.05) is 18.2 Å². The van der Waals surface area contributed by atoms with Gasteiger partial charge in [0.2, 0.25) is 5.88 Å². The lowest BCUT2D eigenvalue weighted by molar-refractivity contribution is 0.452. The van der Waals surface area contributed by atoms with Crippen molar-refractivity contribution in [2.45, 2.75) is 19.8 Å². The van der Waals surface area contributed by atoms with Gasteiger partial charge in [0.15, 0.2) is 0 Å². The third kappa shape index (κ3) is 2.98. The first-order valence-electron chi connectivity index (χ1n) is 5.61. The van der Waals surface area contributed by atoms with Crippen LogP contribution in [0.4, 0.5) is 5.82 Å². The molecule has 0 bridgehead atoms. The van der Waals surface area contributed by atoms with Crippen molar-refractivity contribution in [1.82, 2.24) is 9.97 Å². The molecule has 2 rings (SSSR count). The van der Waals surface area contributed by atoms with Crippen LogP contribution in [-0.2, 0) is 0 Å². The predicted molar refractivity (Wildman–Crippen MR) is 74.7 cm³/mol. The molecule has 0 saturated heterocycles. The van der Waals surface area contributed by atoms with Crippen LogP contribution in [-0.4, -0.2) is 9.97 Å². The summed E-state index contributed by atoms with van der Waals surface area (Å²) in [6, 6.07) is 5.88. The number of benzene rings is 1. The lowest BCUT2D eigenvalue weighted by Gasteiger charge is -2.13. The summed E-state index contributed by atoms with van der Waals surface area (Å²) in [5.41, 5.74) is 6.68. The summed E-state index contributed by atoms with van der Waals surface area (Å²) < 4.78 is 6.76. The summed E-state index contributed by atoms with van der Waals surface area (Å²) in [5, 5.41) is 0. The van der Waals surface area contributed by atoms with Gasteiger partial charge in [-0.05, 0) is 29.7 Å². The van der Waals surface area contributed by atoms with E-state index >= 15 is 0 Å². The minimum Gasteiger partial charge on any atom is -0.437 e. The molecule has 0 atom stereocenters. The lowest BCUT2D eigenvalue weighted by atomic mass is 10.0. The minimum absolute atomic E-state index is 0.343. The molecule has 1 aromatic heterocycles. The summed E-state index contributed by atoms with van der Waals surface area (Å²) in [6.45, 7) is 4.22. The Morgan fingerprint density at radius 1 is 1.28 bits per heavy atom. The molecule has 0 fully saturated rings. The van der Waals surface area contributed by atoms with E-state index in [0.29, 0.717) is 17.6 Å². The van der Waals surface area contributed by atoms with Crippen molar-refractivity contribution < 1.29 is 4.74 Å². The lowest BCUT2D eigenvalue weighted by Crippen LogP contribution is -1.98. The van der Waals surface area contributed by atoms with Gasteiger partial charge in [-0.15, -0.1) is 0 Å². The highest BCUT2D eigenvalue weighted by Gasteiger charge is 2.10. The number of hydrogen-bond acceptors (Lipinski definition) is 4. The number of aromatic nitrogens is 2. The Morgan fingerprint density at radius 3 is 2.72 bits per heavy atom. The Labute approximate surface area is 114 Å². The number of ether oxygens (including phenoxy) is 1. The summed E-state index contributed by atoms with van der Waals surface area (Å²) in [7, 11) is 0. The van der Waals surface area contributed by atoms with Crippen LogP contribution in [0.25, 0.3) is 0 Å². The SMILES string of the molecule is CC(C)c1cc(Br)ccc1Oc1cncc(N)n1. The third-order valence-electron chi connectivity index (χ3n) is 2.44. The second-order valence-corrected chi connectivity index (χ2v) is 5.14. The fourth-order valence-corrected chi connectivity index (χ4v) is 1.97. The van der Waals surface area contributed by atoms with Crippen molar-refractivity contribution in [3.05, 3.63) is 40.6 Å². The van der Waals surface area contributed by atoms with Crippen LogP contribution in [0.3, 0.4) is 0 Å². The molecule has 0 radical (unpaired) electrons. The molecule has 0 unspecified atom stereocenters. The highest BCUT2D eigenvalue weighted by Crippen LogP contribution is 2.32. The van der Waals surface area contributed by atoms with E-state index in [0.717, 1.165) is 15.8 Å². The summed E-state index contributed by atoms with van der Waals surface area (Å²) in [4.78, 5) is 8.02. The number of hydrogen-bond donors (Lipinski definition) is 1. The fraction of sp³-hybridized carbons (Fsp3) is 0.231. The molecule has 0 aliphatic carbocycles. The zero-order chi connectivity index (χ0) is 13.1. The molecular formula is C13H14BrN3O. The van der Waals surface area contributed by atoms with E-state index in [2.05, 4.69) is 39.7 Å². The van der Waals surface area contributed by atoms with Crippen molar-refractivity contribution >= 4 is 21.7 Å². The van der Waals surface area contributed by atoms with E-state index in [1.54, 1.807) is 6.20 Å². The summed E-state index contributed by atoms with van der Waals surface area (Å²) in [6.07, 6.45) is 3.03. The maximum Gasteiger partial charge on any atom is 0.239 e. The van der Waals surface area contributed by atoms with Crippen LogP contribution in [0.1, 0.15) is 25.3 Å². The first-order valence-corrected chi connectivity index (χ1v) is 6.40. The van der Waals surface area contributed by atoms with E-state index in [4.69, 9.17) is 10.5 Å². The van der Waals surface area contributed by atoms with Gasteiger partial charge < -0.3 is 10.5 Å². The van der Waals surface area contributed by atoms with E-state index in [-0.39, 0.29) is 0 Å². The first-order chi connectivity index (χ1) is 8.56. The Kier molecular flexibility index (Phi) is 3.81. The van der Waals surface area contributed by atoms with Crippen LogP contribution in [0, 0.1) is 0 Å². The third-order valence-corrected chi connectivity index (χ3v) is 2.93. The number of halogens is 1. The first kappa shape index (κ1) is 12.8. The van der Waals surface area contributed by atoms with Gasteiger partial charge in [-0.3, -0.25) is 4.98 Å². The van der Waals surface area contributed by atoms with Gasteiger partial charge >= 0.3 is 0 Å². The number of nitrogens with two attached hydrogens (primary N) is 1. The van der Waals surface area contributed by atoms with E-state index in [9.17, 15) is 0 Å². The van der Waals surface area contributed by atoms with Crippen molar-refractivity contribution in [3.8, 4) is 11.6 Å². The molecule has 2 aromatic rings. The normalized spacial score (nSPS) is 10.7. The Bertz CT molecular complexity index is 558. The zero-order valence-electron chi connectivity index (χ0n) is 10.2. The Morgan fingerprint density at radius 2 is 2.06 bits per heavy atom. The van der Waals surface area contributed by atoms with E-state index in [1.165, 1.54) is 6.20 Å². The average Bonchev–Trinajstić information content (AvgIpc) is 2.31. The molecular weight excluding hydrogens is 294 g/mol. The molecule has 0 aliphatic heterocycles. The quantitative estimate of drug-likeness (QED) is 0.938. The predicted octanol–water partition coefficient (Wildman–Crippen LogP) is 3.74. The van der Waals surface area contributed by atoms with Crippen LogP contribution in [0.5, 0.6) is 11.6 Å². The van der Waals surface area contributed by atoms with E-state index < -0.39 is 0 Å². The summed E-state index contributed by atoms with van der Waals surface area (Å²) >= 11 is 3.46. The topological polar surface area (TPSA) is 61.0 Å². The molecule has 18 heavy (non-hydrogen) atoms. The molecule has 4 nitrogen and oxygen atoms in total. The number of nitrogen functional groups attached to an aromatic ring is 1. The maximum atomic E-state index is 5.73. The van der Waals surface area contributed by atoms with Crippen LogP contribution in [0.15, 0.2) is 35.1 Å². The number of anilines is 1. The Balaban J connectivity index is 2.34. The molecule has 1 aromatic carbocycles. The monoisotopic (exact) mass is 307 g/mol. The molecule has 0 spiro atoms. The van der Waals surface area contributed by atoms with Crippen LogP contribution in [0.2, 0.25) is 0 Å². The zero-order valence-corrected chi connectivity index (χ0v) is 11.8. The molecule has 0 saturated carbocycles. The molecule has 0 aliphatic rings. The second-order valence-electron chi connectivity index (χ2n) is 4.22. The summed E-state index contributed by atoms with van der Waals surface area (Å²) in [5.74, 6) is 1.87. The van der Waals surface area contributed by atoms with Gasteiger partial charge in [0, 0.05) is 4.47 Å². The number of nitrogens with zero attached hydrogens (tertiary/aromatic N) is 2. The fourth-order valence-electron chi connectivity index (χ4n) is 1.59. The van der Waals surface area contributed by atoms with Gasteiger partial charge in [-0.2, -0.15) is 4.98 Å². The van der Waals surface area contributed by atoms with Gasteiger partial charge in [0.25, 0.3) is 0 Å². The van der Waals surface area contributed by atoms with Gasteiger partial charge in [0.05, 0.1) is 12.4 Å². The van der Waals surface area contributed by atoms with Crippen LogP contribution < -0.4 is 10.5 Å². The molecule has 5 heteroatoms. The minimum atomic E-state index is 0.343. The largest absolute Gasteiger partial charge is 0.437 e. The Hall–Kier alpha value is -1.62. The van der Waals surface area contributed by atoms with Crippen molar-refractivity contribution in [3.63, 3.8) is 0 Å². The molecule has 0 amide bonds. The highest BCUT2D eigenvalue weighted by atomic mass is 79.9. The van der Waals surface area contributed by atoms with Gasteiger partial charge in [0.1, 0.15) is 11.6 Å². The molecule has 94 valence electrons. The maximum absolute atomic E-state index is 5.73. The van der Waals surface area contributed by atoms with Crippen molar-refractivity contribution in [2.75, 3.05) is 5.73 Å². The smallest absolute Gasteiger partial charge is 0.239 e. The average molecular weight is 308 g/mol. The van der Waals surface area contributed by atoms with Crippen LogP contribution >= 0.6 is 15.9 Å². The molecule has 2 N–H and O–H groups in total. The molecule has 1 heterocycles. The highest BCUT2D eigenvalue weighted by molar-refractivity contribution is 9.10. The van der Waals surface area contributed by atoms with Gasteiger partial charge in [-0.1, -0.05) is 29.8 Å². The van der Waals surface area contributed by atoms with Gasteiger partial charge in [-0.25, -0.2) is 0 Å². The number of rotatable bonds is 3. The second kappa shape index (κ2) is 5.35.